The highest BCUT2D eigenvalue weighted by Crippen LogP contribution is 2.02. The summed E-state index contributed by atoms with van der Waals surface area (Å²) in [6.07, 6.45) is 5.01. The Morgan fingerprint density at radius 3 is 1.75 bits per heavy atom. The van der Waals surface area contributed by atoms with E-state index >= 15 is 0 Å². The molecule has 0 aromatic heterocycles. The molecule has 0 saturated carbocycles. The fourth-order valence-corrected chi connectivity index (χ4v) is 1.39. The molecular formula is C12H25Cl2NO. The molecule has 98 valence electrons. The van der Waals surface area contributed by atoms with Gasteiger partial charge in [-0.1, -0.05) is 27.2 Å². The number of carbonyl (C=O) groups excluding carboxylic acids is 1. The fraction of sp³-hybridized carbons (Fsp3) is 0.917. The predicted octanol–water partition coefficient (Wildman–Crippen LogP) is 4.25. The molecule has 16 heavy (non-hydrogen) atoms. The molecule has 0 aliphatic carbocycles. The lowest BCUT2D eigenvalue weighted by Gasteiger charge is -2.21. The molecule has 0 aliphatic heterocycles. The lowest BCUT2D eigenvalue weighted by atomic mass is 10.2. The van der Waals surface area contributed by atoms with Crippen LogP contribution in [0.2, 0.25) is 0 Å². The molecule has 0 aliphatic rings. The summed E-state index contributed by atoms with van der Waals surface area (Å²) in [5.74, 6) is 0.338. The summed E-state index contributed by atoms with van der Waals surface area (Å²) in [5.41, 5.74) is 0. The van der Waals surface area contributed by atoms with Gasteiger partial charge in [-0.05, 0) is 19.3 Å². The molecule has 4 heteroatoms. The first kappa shape index (κ1) is 18.4. The van der Waals surface area contributed by atoms with Crippen LogP contribution in [-0.4, -0.2) is 29.2 Å². The van der Waals surface area contributed by atoms with Gasteiger partial charge < -0.3 is 4.90 Å². The van der Waals surface area contributed by atoms with Gasteiger partial charge in [-0.15, -0.1) is 23.2 Å². The quantitative estimate of drug-likeness (QED) is 0.633. The highest BCUT2D eigenvalue weighted by molar-refractivity contribution is 6.40. The molecule has 0 unspecified atom stereocenters. The molecule has 0 rings (SSSR count). The minimum Gasteiger partial charge on any atom is -0.343 e. The van der Waals surface area contributed by atoms with Crippen LogP contribution in [0.3, 0.4) is 0 Å². The van der Waals surface area contributed by atoms with Gasteiger partial charge in [0.25, 0.3) is 0 Å². The zero-order chi connectivity index (χ0) is 12.8. The summed E-state index contributed by atoms with van der Waals surface area (Å²) < 4.78 is 0. The SMILES string of the molecule is CCCCC(=O)N(CCC)CCC.ClCCl. The van der Waals surface area contributed by atoms with Crippen LogP contribution in [-0.2, 0) is 4.79 Å². The van der Waals surface area contributed by atoms with Crippen molar-refractivity contribution in [2.45, 2.75) is 52.9 Å². The fourth-order valence-electron chi connectivity index (χ4n) is 1.39. The Balaban J connectivity index is 0. The van der Waals surface area contributed by atoms with Crippen LogP contribution >= 0.6 is 23.2 Å². The van der Waals surface area contributed by atoms with Crippen molar-refractivity contribution in [2.75, 3.05) is 18.4 Å². The van der Waals surface area contributed by atoms with Gasteiger partial charge in [-0.25, -0.2) is 0 Å². The number of amides is 1. The van der Waals surface area contributed by atoms with Crippen LogP contribution in [0.25, 0.3) is 0 Å². The zero-order valence-electron chi connectivity index (χ0n) is 10.8. The molecule has 0 radical (unpaired) electrons. The molecule has 0 heterocycles. The third-order valence-electron chi connectivity index (χ3n) is 2.08. The molecule has 0 atom stereocenters. The average molecular weight is 270 g/mol. The van der Waals surface area contributed by atoms with E-state index in [2.05, 4.69) is 20.8 Å². The summed E-state index contributed by atoms with van der Waals surface area (Å²) in [6.45, 7) is 8.22. The van der Waals surface area contributed by atoms with E-state index < -0.39 is 0 Å². The first-order valence-electron chi connectivity index (χ1n) is 6.07. The van der Waals surface area contributed by atoms with E-state index in [9.17, 15) is 4.79 Å². The number of hydrogen-bond donors (Lipinski definition) is 0. The monoisotopic (exact) mass is 269 g/mol. The van der Waals surface area contributed by atoms with E-state index in [1.54, 1.807) is 0 Å². The number of unbranched alkanes of at least 4 members (excludes halogenated alkanes) is 1. The van der Waals surface area contributed by atoms with Gasteiger partial charge >= 0.3 is 0 Å². The first-order chi connectivity index (χ1) is 7.67. The van der Waals surface area contributed by atoms with Gasteiger partial charge in [0, 0.05) is 19.5 Å². The third kappa shape index (κ3) is 12.1. The predicted molar refractivity (Wildman–Crippen MR) is 73.3 cm³/mol. The Labute approximate surface area is 110 Å². The van der Waals surface area contributed by atoms with Crippen LogP contribution in [0.15, 0.2) is 0 Å². The minimum absolute atomic E-state index is 0.194. The minimum atomic E-state index is 0.194. The summed E-state index contributed by atoms with van der Waals surface area (Å²) in [7, 11) is 0. The number of nitrogens with zero attached hydrogens (tertiary/aromatic N) is 1. The number of rotatable bonds is 7. The number of halogens is 2. The Kier molecular flexibility index (Phi) is 17.3. The number of carbonyl (C=O) groups is 1. The maximum absolute atomic E-state index is 11.6. The van der Waals surface area contributed by atoms with E-state index in [0.717, 1.165) is 45.2 Å². The van der Waals surface area contributed by atoms with Crippen molar-refractivity contribution < 1.29 is 4.79 Å². The molecule has 0 aromatic carbocycles. The van der Waals surface area contributed by atoms with Crippen molar-refractivity contribution in [2.24, 2.45) is 0 Å². The molecular weight excluding hydrogens is 245 g/mol. The van der Waals surface area contributed by atoms with Gasteiger partial charge in [0.1, 0.15) is 0 Å². The molecule has 2 nitrogen and oxygen atoms in total. The Morgan fingerprint density at radius 1 is 1.00 bits per heavy atom. The smallest absolute Gasteiger partial charge is 0.222 e. The second-order valence-electron chi connectivity index (χ2n) is 3.59. The summed E-state index contributed by atoms with van der Waals surface area (Å²) in [6, 6.07) is 0. The van der Waals surface area contributed by atoms with Crippen LogP contribution in [0.5, 0.6) is 0 Å². The average Bonchev–Trinajstić information content (AvgIpc) is 2.26. The van der Waals surface area contributed by atoms with Crippen molar-refractivity contribution in [3.05, 3.63) is 0 Å². The normalized spacial score (nSPS) is 9.31. The third-order valence-corrected chi connectivity index (χ3v) is 2.08. The standard InChI is InChI=1S/C11H23NO.CH2Cl2/c1-4-7-8-11(13)12(9-5-2)10-6-3;2-1-3/h4-10H2,1-3H3;1H2. The largest absolute Gasteiger partial charge is 0.343 e. The molecule has 0 saturated heterocycles. The van der Waals surface area contributed by atoms with E-state index in [0.29, 0.717) is 5.91 Å². The van der Waals surface area contributed by atoms with Crippen molar-refractivity contribution in [1.82, 2.24) is 4.90 Å². The molecule has 0 bridgehead atoms. The molecule has 0 aromatic rings. The van der Waals surface area contributed by atoms with Gasteiger partial charge in [0.05, 0.1) is 5.34 Å². The topological polar surface area (TPSA) is 20.3 Å². The Hall–Kier alpha value is 0.0500. The lowest BCUT2D eigenvalue weighted by Crippen LogP contribution is -2.32. The second kappa shape index (κ2) is 15.0. The number of hydrogen-bond acceptors (Lipinski definition) is 1. The van der Waals surface area contributed by atoms with E-state index in [4.69, 9.17) is 23.2 Å². The molecule has 0 spiro atoms. The number of alkyl halides is 2. The zero-order valence-corrected chi connectivity index (χ0v) is 12.3. The summed E-state index contributed by atoms with van der Waals surface area (Å²) in [4.78, 5) is 13.6. The van der Waals surface area contributed by atoms with Crippen LogP contribution in [0.4, 0.5) is 0 Å². The Morgan fingerprint density at radius 2 is 1.44 bits per heavy atom. The molecule has 1 amide bonds. The lowest BCUT2D eigenvalue weighted by molar-refractivity contribution is -0.131. The van der Waals surface area contributed by atoms with Crippen LogP contribution in [0.1, 0.15) is 52.9 Å². The molecule has 0 N–H and O–H groups in total. The highest BCUT2D eigenvalue weighted by Gasteiger charge is 2.09. The Bertz CT molecular complexity index is 148. The second-order valence-corrected chi connectivity index (χ2v) is 4.39. The van der Waals surface area contributed by atoms with E-state index in [1.165, 1.54) is 0 Å². The van der Waals surface area contributed by atoms with Gasteiger partial charge in [0.2, 0.25) is 5.91 Å². The van der Waals surface area contributed by atoms with E-state index in [-0.39, 0.29) is 5.34 Å². The highest BCUT2D eigenvalue weighted by atomic mass is 35.5. The summed E-state index contributed by atoms with van der Waals surface area (Å²) >= 11 is 9.53. The van der Waals surface area contributed by atoms with Crippen LogP contribution < -0.4 is 0 Å². The van der Waals surface area contributed by atoms with Crippen molar-refractivity contribution in [1.29, 1.82) is 0 Å². The van der Waals surface area contributed by atoms with Gasteiger partial charge in [0.15, 0.2) is 0 Å². The van der Waals surface area contributed by atoms with Crippen molar-refractivity contribution in [3.63, 3.8) is 0 Å². The van der Waals surface area contributed by atoms with Gasteiger partial charge in [-0.3, -0.25) is 4.79 Å². The van der Waals surface area contributed by atoms with Crippen molar-refractivity contribution >= 4 is 29.1 Å². The maximum atomic E-state index is 11.6. The van der Waals surface area contributed by atoms with Crippen LogP contribution in [0, 0.1) is 0 Å². The molecule has 0 fully saturated rings. The van der Waals surface area contributed by atoms with E-state index in [1.807, 2.05) is 4.90 Å². The van der Waals surface area contributed by atoms with Crippen molar-refractivity contribution in [3.8, 4) is 0 Å². The van der Waals surface area contributed by atoms with Gasteiger partial charge in [-0.2, -0.15) is 0 Å². The summed E-state index contributed by atoms with van der Waals surface area (Å²) in [5, 5.41) is 0.194. The maximum Gasteiger partial charge on any atom is 0.222 e. The first-order valence-corrected chi connectivity index (χ1v) is 7.14.